The number of hydrogen-bond acceptors (Lipinski definition) is 3. The predicted octanol–water partition coefficient (Wildman–Crippen LogP) is 4.50. The molecule has 0 saturated heterocycles. The van der Waals surface area contributed by atoms with Gasteiger partial charge in [-0.3, -0.25) is 4.79 Å². The van der Waals surface area contributed by atoms with Crippen molar-refractivity contribution >= 4 is 46.4 Å². The number of amides is 1. The second kappa shape index (κ2) is 6.14. The van der Waals surface area contributed by atoms with Crippen LogP contribution in [0.5, 0.6) is 11.5 Å². The Labute approximate surface area is 143 Å². The maximum atomic E-state index is 12.2. The molecule has 2 aromatic carbocycles. The van der Waals surface area contributed by atoms with E-state index in [1.807, 2.05) is 6.07 Å². The van der Waals surface area contributed by atoms with Gasteiger partial charge in [-0.05, 0) is 35.9 Å². The second-order valence-electron chi connectivity index (χ2n) is 4.94. The van der Waals surface area contributed by atoms with Crippen molar-refractivity contribution < 1.29 is 14.3 Å². The lowest BCUT2D eigenvalue weighted by Crippen LogP contribution is -2.03. The summed E-state index contributed by atoms with van der Waals surface area (Å²) in [5.74, 6) is 0.772. The third-order valence-electron chi connectivity index (χ3n) is 3.53. The van der Waals surface area contributed by atoms with Crippen LogP contribution in [0.2, 0.25) is 10.0 Å². The fraction of sp³-hybridized carbons (Fsp3) is 0.118. The minimum atomic E-state index is -0.187. The smallest absolute Gasteiger partial charge is 0.256 e. The molecule has 23 heavy (non-hydrogen) atoms. The minimum absolute atomic E-state index is 0.187. The molecular formula is C17H13Cl2NO3. The number of ether oxygens (including phenoxy) is 2. The second-order valence-corrected chi connectivity index (χ2v) is 5.78. The van der Waals surface area contributed by atoms with E-state index in [0.717, 1.165) is 11.1 Å². The zero-order chi connectivity index (χ0) is 16.6. The van der Waals surface area contributed by atoms with Gasteiger partial charge in [0.25, 0.3) is 5.91 Å². The Kier molecular flexibility index (Phi) is 4.20. The number of methoxy groups -OCH3 is 2. The van der Waals surface area contributed by atoms with E-state index < -0.39 is 0 Å². The van der Waals surface area contributed by atoms with Crippen molar-refractivity contribution in [2.75, 3.05) is 19.5 Å². The highest BCUT2D eigenvalue weighted by atomic mass is 35.5. The van der Waals surface area contributed by atoms with E-state index in [0.29, 0.717) is 32.8 Å². The number of carbonyl (C=O) groups excluding carboxylic acids is 1. The summed E-state index contributed by atoms with van der Waals surface area (Å²) < 4.78 is 10.5. The van der Waals surface area contributed by atoms with E-state index in [1.165, 1.54) is 14.2 Å². The third kappa shape index (κ3) is 2.87. The number of rotatable bonds is 3. The lowest BCUT2D eigenvalue weighted by atomic mass is 10.0. The zero-order valence-corrected chi connectivity index (χ0v) is 14.0. The van der Waals surface area contributed by atoms with Crippen molar-refractivity contribution in [3.05, 3.63) is 51.5 Å². The van der Waals surface area contributed by atoms with E-state index in [9.17, 15) is 4.79 Å². The van der Waals surface area contributed by atoms with Crippen LogP contribution in [0.3, 0.4) is 0 Å². The fourth-order valence-corrected chi connectivity index (χ4v) is 2.97. The Morgan fingerprint density at radius 1 is 1.09 bits per heavy atom. The summed E-state index contributed by atoms with van der Waals surface area (Å²) in [6.07, 6.45) is 1.75. The van der Waals surface area contributed by atoms with Crippen molar-refractivity contribution in [3.63, 3.8) is 0 Å². The van der Waals surface area contributed by atoms with Gasteiger partial charge < -0.3 is 14.8 Å². The number of anilines is 1. The van der Waals surface area contributed by atoms with Crippen LogP contribution in [0, 0.1) is 0 Å². The monoisotopic (exact) mass is 349 g/mol. The Balaban J connectivity index is 2.09. The molecule has 0 unspecified atom stereocenters. The average molecular weight is 350 g/mol. The van der Waals surface area contributed by atoms with E-state index in [-0.39, 0.29) is 5.91 Å². The van der Waals surface area contributed by atoms with Crippen molar-refractivity contribution in [1.82, 2.24) is 0 Å². The van der Waals surface area contributed by atoms with Crippen LogP contribution in [0.15, 0.2) is 30.3 Å². The molecule has 0 aromatic heterocycles. The van der Waals surface area contributed by atoms with Gasteiger partial charge in [0.2, 0.25) is 0 Å². The number of hydrogen-bond donors (Lipinski definition) is 1. The van der Waals surface area contributed by atoms with Gasteiger partial charge in [-0.15, -0.1) is 0 Å². The molecule has 0 bridgehead atoms. The van der Waals surface area contributed by atoms with Gasteiger partial charge in [-0.1, -0.05) is 29.3 Å². The van der Waals surface area contributed by atoms with Crippen molar-refractivity contribution in [2.45, 2.75) is 0 Å². The molecule has 1 aliphatic rings. The average Bonchev–Trinajstić information content (AvgIpc) is 2.81. The predicted molar refractivity (Wildman–Crippen MR) is 92.5 cm³/mol. The molecule has 118 valence electrons. The maximum Gasteiger partial charge on any atom is 0.256 e. The van der Waals surface area contributed by atoms with Crippen LogP contribution in [-0.2, 0) is 4.79 Å². The first-order chi connectivity index (χ1) is 11.0. The lowest BCUT2D eigenvalue weighted by Gasteiger charge is -2.10. The normalized spacial score (nSPS) is 14.6. The van der Waals surface area contributed by atoms with E-state index in [2.05, 4.69) is 5.32 Å². The van der Waals surface area contributed by atoms with Crippen LogP contribution in [0.25, 0.3) is 11.6 Å². The number of carbonyl (C=O) groups is 1. The highest BCUT2D eigenvalue weighted by Crippen LogP contribution is 2.39. The highest BCUT2D eigenvalue weighted by Gasteiger charge is 2.24. The Bertz CT molecular complexity index is 831. The molecule has 0 fully saturated rings. The number of benzene rings is 2. The van der Waals surface area contributed by atoms with Crippen LogP contribution >= 0.6 is 23.2 Å². The molecule has 4 nitrogen and oxygen atoms in total. The summed E-state index contributed by atoms with van der Waals surface area (Å²) in [5, 5.41) is 3.77. The molecular weight excluding hydrogens is 337 g/mol. The van der Waals surface area contributed by atoms with Crippen LogP contribution < -0.4 is 14.8 Å². The van der Waals surface area contributed by atoms with Crippen molar-refractivity contribution in [3.8, 4) is 11.5 Å². The summed E-state index contributed by atoms with van der Waals surface area (Å²) in [5.41, 5.74) is 2.77. The SMILES string of the molecule is COc1cc(C=C2C(=O)Nc3cc(Cl)ccc32)cc(Cl)c1OC. The topological polar surface area (TPSA) is 47.6 Å². The maximum absolute atomic E-state index is 12.2. The zero-order valence-electron chi connectivity index (χ0n) is 12.4. The molecule has 0 radical (unpaired) electrons. The highest BCUT2D eigenvalue weighted by molar-refractivity contribution is 6.37. The molecule has 0 saturated carbocycles. The molecule has 1 N–H and O–H groups in total. The van der Waals surface area contributed by atoms with Crippen LogP contribution in [-0.4, -0.2) is 20.1 Å². The standard InChI is InChI=1S/C17H13Cl2NO3/c1-22-15-7-9(6-13(19)16(15)23-2)5-12-11-4-3-10(18)8-14(11)20-17(12)21/h3-8H,1-2H3,(H,20,21). The summed E-state index contributed by atoms with van der Waals surface area (Å²) >= 11 is 12.2. The Morgan fingerprint density at radius 2 is 1.87 bits per heavy atom. The molecule has 1 aliphatic heterocycles. The van der Waals surface area contributed by atoms with Gasteiger partial charge in [0.15, 0.2) is 11.5 Å². The molecule has 1 amide bonds. The minimum Gasteiger partial charge on any atom is -0.493 e. The van der Waals surface area contributed by atoms with Crippen LogP contribution in [0.4, 0.5) is 5.69 Å². The van der Waals surface area contributed by atoms with E-state index in [1.54, 1.807) is 30.3 Å². The molecule has 0 atom stereocenters. The number of halogens is 2. The van der Waals surface area contributed by atoms with Crippen LogP contribution in [0.1, 0.15) is 11.1 Å². The Morgan fingerprint density at radius 3 is 2.57 bits per heavy atom. The first-order valence-corrected chi connectivity index (χ1v) is 7.53. The quantitative estimate of drug-likeness (QED) is 0.829. The van der Waals surface area contributed by atoms with E-state index >= 15 is 0 Å². The third-order valence-corrected chi connectivity index (χ3v) is 4.05. The molecule has 1 heterocycles. The molecule has 0 spiro atoms. The fourth-order valence-electron chi connectivity index (χ4n) is 2.50. The largest absolute Gasteiger partial charge is 0.493 e. The Hall–Kier alpha value is -2.17. The molecule has 0 aliphatic carbocycles. The molecule has 2 aromatic rings. The van der Waals surface area contributed by atoms with Gasteiger partial charge in [-0.2, -0.15) is 0 Å². The van der Waals surface area contributed by atoms with Gasteiger partial charge in [0, 0.05) is 16.2 Å². The molecule has 3 rings (SSSR count). The summed E-state index contributed by atoms with van der Waals surface area (Å²) in [6.45, 7) is 0. The summed E-state index contributed by atoms with van der Waals surface area (Å²) in [4.78, 5) is 12.2. The first kappa shape index (κ1) is 15.7. The van der Waals surface area contributed by atoms with Crippen molar-refractivity contribution in [2.24, 2.45) is 0 Å². The van der Waals surface area contributed by atoms with Gasteiger partial charge in [-0.25, -0.2) is 0 Å². The number of fused-ring (bicyclic) bond motifs is 1. The number of nitrogens with one attached hydrogen (secondary N) is 1. The van der Waals surface area contributed by atoms with Gasteiger partial charge >= 0.3 is 0 Å². The first-order valence-electron chi connectivity index (χ1n) is 6.78. The van der Waals surface area contributed by atoms with E-state index in [4.69, 9.17) is 32.7 Å². The van der Waals surface area contributed by atoms with Gasteiger partial charge in [0.1, 0.15) is 0 Å². The van der Waals surface area contributed by atoms with Crippen molar-refractivity contribution in [1.29, 1.82) is 0 Å². The molecule has 6 heteroatoms. The van der Waals surface area contributed by atoms with Gasteiger partial charge in [0.05, 0.1) is 24.9 Å². The summed E-state index contributed by atoms with van der Waals surface area (Å²) in [6, 6.07) is 8.76. The lowest BCUT2D eigenvalue weighted by molar-refractivity contribution is -0.110. The summed E-state index contributed by atoms with van der Waals surface area (Å²) in [7, 11) is 3.05.